The lowest BCUT2D eigenvalue weighted by Gasteiger charge is -2.18. The first-order valence-corrected chi connectivity index (χ1v) is 7.18. The highest BCUT2D eigenvalue weighted by atomic mass is 79.9. The monoisotopic (exact) mass is 279 g/mol. The van der Waals surface area contributed by atoms with E-state index in [1.807, 2.05) is 0 Å². The number of hydrogen-bond donors (Lipinski definition) is 1. The lowest BCUT2D eigenvalue weighted by molar-refractivity contribution is 0.267. The van der Waals surface area contributed by atoms with E-state index in [1.54, 1.807) is 0 Å². The van der Waals surface area contributed by atoms with Gasteiger partial charge in [-0.1, -0.05) is 22.9 Å². The molecule has 92 valence electrons. The Hall–Kier alpha value is 0.400. The second-order valence-electron chi connectivity index (χ2n) is 4.46. The van der Waals surface area contributed by atoms with E-state index in [9.17, 15) is 0 Å². The molecule has 0 spiro atoms. The maximum atomic E-state index is 8.65. The summed E-state index contributed by atoms with van der Waals surface area (Å²) in [4.78, 5) is 2.40. The summed E-state index contributed by atoms with van der Waals surface area (Å²) in [6, 6.07) is 0. The zero-order valence-electron chi connectivity index (χ0n) is 10.2. The highest BCUT2D eigenvalue weighted by Crippen LogP contribution is 2.09. The molecule has 0 aliphatic carbocycles. The Morgan fingerprint density at radius 1 is 1.13 bits per heavy atom. The van der Waals surface area contributed by atoms with Crippen LogP contribution in [0.5, 0.6) is 0 Å². The Kier molecular flexibility index (Phi) is 11.2. The fourth-order valence-corrected chi connectivity index (χ4v) is 2.34. The second kappa shape index (κ2) is 10.9. The van der Waals surface area contributed by atoms with Gasteiger partial charge in [0, 0.05) is 11.9 Å². The van der Waals surface area contributed by atoms with Gasteiger partial charge < -0.3 is 10.0 Å². The molecule has 0 aliphatic rings. The number of unbranched alkanes of at least 4 members (excludes halogenated alkanes) is 2. The molecule has 0 amide bonds. The van der Waals surface area contributed by atoms with E-state index in [0.717, 1.165) is 24.1 Å². The SMILES string of the molecule is CC(CCBr)CCN(C)CCCCCO. The first-order chi connectivity index (χ1) is 7.20. The number of alkyl halides is 1. The third-order valence-corrected chi connectivity index (χ3v) is 3.26. The van der Waals surface area contributed by atoms with Crippen molar-refractivity contribution in [3.8, 4) is 0 Å². The van der Waals surface area contributed by atoms with E-state index in [4.69, 9.17) is 5.11 Å². The molecule has 2 nitrogen and oxygen atoms in total. The smallest absolute Gasteiger partial charge is 0.0431 e. The number of nitrogens with zero attached hydrogens (tertiary/aromatic N) is 1. The molecule has 3 heteroatoms. The lowest BCUT2D eigenvalue weighted by atomic mass is 10.1. The van der Waals surface area contributed by atoms with Crippen LogP contribution in [-0.4, -0.2) is 42.1 Å². The minimum Gasteiger partial charge on any atom is -0.396 e. The van der Waals surface area contributed by atoms with Crippen molar-refractivity contribution in [1.82, 2.24) is 4.90 Å². The van der Waals surface area contributed by atoms with Crippen molar-refractivity contribution in [2.45, 2.75) is 39.0 Å². The van der Waals surface area contributed by atoms with Crippen LogP contribution in [0.3, 0.4) is 0 Å². The van der Waals surface area contributed by atoms with Crippen LogP contribution < -0.4 is 0 Å². The van der Waals surface area contributed by atoms with Crippen LogP contribution in [0, 0.1) is 5.92 Å². The molecule has 0 rings (SSSR count). The summed E-state index contributed by atoms with van der Waals surface area (Å²) in [6.07, 6.45) is 5.88. The summed E-state index contributed by atoms with van der Waals surface area (Å²) in [5.41, 5.74) is 0. The van der Waals surface area contributed by atoms with Crippen molar-refractivity contribution in [2.24, 2.45) is 5.92 Å². The van der Waals surface area contributed by atoms with Crippen LogP contribution in [-0.2, 0) is 0 Å². The van der Waals surface area contributed by atoms with Gasteiger partial charge in [0.1, 0.15) is 0 Å². The molecule has 0 heterocycles. The molecule has 0 saturated carbocycles. The number of rotatable bonds is 10. The van der Waals surface area contributed by atoms with Gasteiger partial charge in [-0.15, -0.1) is 0 Å². The zero-order valence-corrected chi connectivity index (χ0v) is 11.8. The third-order valence-electron chi connectivity index (χ3n) is 2.80. The Balaban J connectivity index is 3.28. The molecular formula is C12H26BrNO. The van der Waals surface area contributed by atoms with Crippen molar-refractivity contribution in [1.29, 1.82) is 0 Å². The molecule has 0 aromatic heterocycles. The molecular weight excluding hydrogens is 254 g/mol. The molecule has 0 fully saturated rings. The van der Waals surface area contributed by atoms with E-state index in [0.29, 0.717) is 6.61 Å². The number of hydrogen-bond acceptors (Lipinski definition) is 2. The average molecular weight is 280 g/mol. The van der Waals surface area contributed by atoms with Crippen LogP contribution in [0.2, 0.25) is 0 Å². The molecule has 0 aromatic carbocycles. The van der Waals surface area contributed by atoms with E-state index in [1.165, 1.54) is 32.4 Å². The minimum atomic E-state index is 0.339. The van der Waals surface area contributed by atoms with Gasteiger partial charge in [-0.2, -0.15) is 0 Å². The van der Waals surface area contributed by atoms with Crippen LogP contribution >= 0.6 is 15.9 Å². The average Bonchev–Trinajstić information content (AvgIpc) is 2.22. The predicted octanol–water partition coefficient (Wildman–Crippen LogP) is 2.89. The molecule has 1 N–H and O–H groups in total. The summed E-state index contributed by atoms with van der Waals surface area (Å²) >= 11 is 3.48. The fourth-order valence-electron chi connectivity index (χ4n) is 1.55. The summed E-state index contributed by atoms with van der Waals surface area (Å²) in [6.45, 7) is 5.03. The summed E-state index contributed by atoms with van der Waals surface area (Å²) in [5.74, 6) is 0.823. The normalized spacial score (nSPS) is 13.4. The van der Waals surface area contributed by atoms with Crippen LogP contribution in [0.15, 0.2) is 0 Å². The van der Waals surface area contributed by atoms with Gasteiger partial charge >= 0.3 is 0 Å². The van der Waals surface area contributed by atoms with Gasteiger partial charge in [-0.25, -0.2) is 0 Å². The van der Waals surface area contributed by atoms with Crippen molar-refractivity contribution < 1.29 is 5.11 Å². The van der Waals surface area contributed by atoms with Crippen LogP contribution in [0.1, 0.15) is 39.0 Å². The fraction of sp³-hybridized carbons (Fsp3) is 1.00. The predicted molar refractivity (Wildman–Crippen MR) is 70.6 cm³/mol. The molecule has 0 saturated heterocycles. The standard InChI is InChI=1S/C12H26BrNO/c1-12(6-8-13)7-10-14(2)9-4-3-5-11-15/h12,15H,3-11H2,1-2H3. The van der Waals surface area contributed by atoms with Crippen molar-refractivity contribution >= 4 is 15.9 Å². The lowest BCUT2D eigenvalue weighted by Crippen LogP contribution is -2.22. The Labute approximate surface area is 103 Å². The molecule has 15 heavy (non-hydrogen) atoms. The van der Waals surface area contributed by atoms with Gasteiger partial charge in [-0.3, -0.25) is 0 Å². The van der Waals surface area contributed by atoms with E-state index in [2.05, 4.69) is 34.8 Å². The van der Waals surface area contributed by atoms with E-state index in [-0.39, 0.29) is 0 Å². The molecule has 1 atom stereocenters. The summed E-state index contributed by atoms with van der Waals surface area (Å²) in [5, 5.41) is 9.77. The van der Waals surface area contributed by atoms with Gasteiger partial charge in [0.2, 0.25) is 0 Å². The van der Waals surface area contributed by atoms with Crippen molar-refractivity contribution in [3.63, 3.8) is 0 Å². The highest BCUT2D eigenvalue weighted by Gasteiger charge is 2.03. The Morgan fingerprint density at radius 2 is 1.87 bits per heavy atom. The zero-order chi connectivity index (χ0) is 11.5. The summed E-state index contributed by atoms with van der Waals surface area (Å²) in [7, 11) is 2.19. The molecule has 0 aliphatic heterocycles. The van der Waals surface area contributed by atoms with Crippen LogP contribution in [0.25, 0.3) is 0 Å². The number of halogens is 1. The van der Waals surface area contributed by atoms with Crippen molar-refractivity contribution in [2.75, 3.05) is 32.1 Å². The third kappa shape index (κ3) is 10.7. The van der Waals surface area contributed by atoms with E-state index < -0.39 is 0 Å². The highest BCUT2D eigenvalue weighted by molar-refractivity contribution is 9.09. The minimum absolute atomic E-state index is 0.339. The van der Waals surface area contributed by atoms with Gasteiger partial charge in [0.25, 0.3) is 0 Å². The molecule has 0 aromatic rings. The maximum Gasteiger partial charge on any atom is 0.0431 e. The first kappa shape index (κ1) is 15.4. The quantitative estimate of drug-likeness (QED) is 0.491. The topological polar surface area (TPSA) is 23.5 Å². The molecule has 0 bridgehead atoms. The number of aliphatic hydroxyl groups excluding tert-OH is 1. The maximum absolute atomic E-state index is 8.65. The second-order valence-corrected chi connectivity index (χ2v) is 5.25. The first-order valence-electron chi connectivity index (χ1n) is 6.06. The molecule has 1 unspecified atom stereocenters. The molecule has 0 radical (unpaired) electrons. The van der Waals surface area contributed by atoms with Gasteiger partial charge in [-0.05, 0) is 58.2 Å². The Bertz CT molecular complexity index is 133. The van der Waals surface area contributed by atoms with Gasteiger partial charge in [0.15, 0.2) is 0 Å². The van der Waals surface area contributed by atoms with E-state index >= 15 is 0 Å². The number of aliphatic hydroxyl groups is 1. The van der Waals surface area contributed by atoms with Crippen molar-refractivity contribution in [3.05, 3.63) is 0 Å². The van der Waals surface area contributed by atoms with Crippen LogP contribution in [0.4, 0.5) is 0 Å². The Morgan fingerprint density at radius 3 is 2.47 bits per heavy atom. The summed E-state index contributed by atoms with van der Waals surface area (Å²) < 4.78 is 0. The largest absolute Gasteiger partial charge is 0.396 e. The van der Waals surface area contributed by atoms with Gasteiger partial charge in [0.05, 0.1) is 0 Å².